The molecule has 2 nitrogen and oxygen atoms in total. The summed E-state index contributed by atoms with van der Waals surface area (Å²) in [7, 11) is 0. The fourth-order valence-corrected chi connectivity index (χ4v) is 2.20. The lowest BCUT2D eigenvalue weighted by Gasteiger charge is -2.11. The smallest absolute Gasteiger partial charge is 0.325 e. The molecule has 0 bridgehead atoms. The summed E-state index contributed by atoms with van der Waals surface area (Å²) in [6.45, 7) is 0. The van der Waals surface area contributed by atoms with Crippen molar-refractivity contribution in [2.45, 2.75) is 23.9 Å². The summed E-state index contributed by atoms with van der Waals surface area (Å²) in [4.78, 5) is 12.0. The first kappa shape index (κ1) is 13.3. The maximum Gasteiger partial charge on any atom is 0.398 e. The minimum atomic E-state index is -4.21. The molecule has 0 spiro atoms. The van der Waals surface area contributed by atoms with Crippen LogP contribution in [0.25, 0.3) is 0 Å². The van der Waals surface area contributed by atoms with Crippen molar-refractivity contribution in [3.63, 3.8) is 0 Å². The van der Waals surface area contributed by atoms with Gasteiger partial charge in [-0.3, -0.25) is 4.79 Å². The first-order valence-corrected chi connectivity index (χ1v) is 6.54. The second-order valence-corrected chi connectivity index (χ2v) is 5.18. The number of thioether (sulfide) groups is 1. The van der Waals surface area contributed by atoms with E-state index in [4.69, 9.17) is 0 Å². The topological polar surface area (TPSA) is 29.1 Å². The zero-order valence-electron chi connectivity index (χ0n) is 9.46. The van der Waals surface area contributed by atoms with E-state index in [1.807, 2.05) is 0 Å². The van der Waals surface area contributed by atoms with Gasteiger partial charge in [-0.1, -0.05) is 12.1 Å². The molecule has 1 saturated carbocycles. The Hall–Kier alpha value is -1.17. The summed E-state index contributed by atoms with van der Waals surface area (Å²) in [5, 5.41) is 2.68. The summed E-state index contributed by atoms with van der Waals surface area (Å²) in [6.07, 6.45) is -2.48. The highest BCUT2D eigenvalue weighted by Gasteiger charge is 2.31. The number of carbonyl (C=O) groups excluding carboxylic acids is 1. The van der Waals surface area contributed by atoms with Gasteiger partial charge in [0.15, 0.2) is 0 Å². The fraction of sp³-hybridized carbons (Fsp3) is 0.417. The highest BCUT2D eigenvalue weighted by molar-refractivity contribution is 7.99. The van der Waals surface area contributed by atoms with Crippen molar-refractivity contribution in [3.8, 4) is 0 Å². The molecule has 1 amide bonds. The van der Waals surface area contributed by atoms with Gasteiger partial charge in [0.2, 0.25) is 5.91 Å². The molecule has 1 aliphatic carbocycles. The van der Waals surface area contributed by atoms with E-state index in [0.29, 0.717) is 22.3 Å². The SMILES string of the molecule is O=C(Nc1ccccc1SCC(F)(F)F)C1CC1. The summed E-state index contributed by atoms with van der Waals surface area (Å²) in [5.41, 5.74) is 0.462. The Morgan fingerprint density at radius 1 is 1.33 bits per heavy atom. The van der Waals surface area contributed by atoms with E-state index >= 15 is 0 Å². The Labute approximate surface area is 107 Å². The van der Waals surface area contributed by atoms with Gasteiger partial charge >= 0.3 is 6.18 Å². The largest absolute Gasteiger partial charge is 0.398 e. The van der Waals surface area contributed by atoms with Gasteiger partial charge in [-0.05, 0) is 25.0 Å². The number of para-hydroxylation sites is 1. The number of benzene rings is 1. The lowest BCUT2D eigenvalue weighted by molar-refractivity contribution is -0.117. The molecule has 1 N–H and O–H groups in total. The zero-order chi connectivity index (χ0) is 13.2. The average molecular weight is 275 g/mol. The Balaban J connectivity index is 2.02. The van der Waals surface area contributed by atoms with Gasteiger partial charge < -0.3 is 5.32 Å². The molecular formula is C12H12F3NOS. The average Bonchev–Trinajstić information content (AvgIpc) is 3.10. The molecule has 0 saturated heterocycles. The second-order valence-electron chi connectivity index (χ2n) is 4.16. The maximum atomic E-state index is 12.2. The quantitative estimate of drug-likeness (QED) is 0.849. The number of carbonyl (C=O) groups is 1. The number of hydrogen-bond donors (Lipinski definition) is 1. The molecule has 6 heteroatoms. The molecule has 1 aliphatic rings. The number of hydrogen-bond acceptors (Lipinski definition) is 2. The van der Waals surface area contributed by atoms with E-state index in [2.05, 4.69) is 5.32 Å². The van der Waals surface area contributed by atoms with Gasteiger partial charge in [0, 0.05) is 10.8 Å². The third-order valence-electron chi connectivity index (χ3n) is 2.48. The lowest BCUT2D eigenvalue weighted by Crippen LogP contribution is -2.15. The van der Waals surface area contributed by atoms with Gasteiger partial charge in [0.1, 0.15) is 0 Å². The van der Waals surface area contributed by atoms with Crippen molar-refractivity contribution in [2.75, 3.05) is 11.1 Å². The number of halogens is 3. The van der Waals surface area contributed by atoms with Gasteiger partial charge in [0.05, 0.1) is 11.4 Å². The standard InChI is InChI=1S/C12H12F3NOS/c13-12(14,15)7-18-10-4-2-1-3-9(10)16-11(17)8-5-6-8/h1-4,8H,5-7H2,(H,16,17). The van der Waals surface area contributed by atoms with E-state index in [1.54, 1.807) is 24.3 Å². The minimum absolute atomic E-state index is 0.0330. The Kier molecular flexibility index (Phi) is 3.85. The van der Waals surface area contributed by atoms with Crippen LogP contribution >= 0.6 is 11.8 Å². The molecule has 0 atom stereocenters. The van der Waals surface area contributed by atoms with Gasteiger partial charge in [0.25, 0.3) is 0 Å². The third kappa shape index (κ3) is 3.94. The highest BCUT2D eigenvalue weighted by atomic mass is 32.2. The van der Waals surface area contributed by atoms with Crippen molar-refractivity contribution in [1.82, 2.24) is 0 Å². The Morgan fingerprint density at radius 3 is 2.61 bits per heavy atom. The molecule has 0 aliphatic heterocycles. The molecule has 1 aromatic rings. The van der Waals surface area contributed by atoms with Crippen LogP contribution in [-0.4, -0.2) is 17.8 Å². The van der Waals surface area contributed by atoms with Crippen LogP contribution in [-0.2, 0) is 4.79 Å². The summed E-state index contributed by atoms with van der Waals surface area (Å²) >= 11 is 0.688. The molecule has 0 unspecified atom stereocenters. The molecule has 1 aromatic carbocycles. The zero-order valence-corrected chi connectivity index (χ0v) is 10.3. The Morgan fingerprint density at radius 2 is 2.00 bits per heavy atom. The summed E-state index contributed by atoms with van der Waals surface area (Å²) in [6, 6.07) is 6.56. The van der Waals surface area contributed by atoms with Crippen molar-refractivity contribution in [2.24, 2.45) is 5.92 Å². The van der Waals surface area contributed by atoms with E-state index in [0.717, 1.165) is 12.8 Å². The maximum absolute atomic E-state index is 12.2. The van der Waals surface area contributed by atoms with Gasteiger partial charge in [-0.2, -0.15) is 13.2 Å². The predicted octanol–water partition coefficient (Wildman–Crippen LogP) is 3.69. The van der Waals surface area contributed by atoms with Crippen LogP contribution in [0.4, 0.5) is 18.9 Å². The molecule has 18 heavy (non-hydrogen) atoms. The fourth-order valence-electron chi connectivity index (χ4n) is 1.44. The first-order valence-electron chi connectivity index (χ1n) is 5.55. The molecule has 0 radical (unpaired) electrons. The second kappa shape index (κ2) is 5.22. The monoisotopic (exact) mass is 275 g/mol. The van der Waals surface area contributed by atoms with Crippen LogP contribution in [0, 0.1) is 5.92 Å². The number of rotatable bonds is 4. The van der Waals surface area contributed by atoms with E-state index in [1.165, 1.54) is 0 Å². The molecule has 2 rings (SSSR count). The molecule has 0 aromatic heterocycles. The van der Waals surface area contributed by atoms with Gasteiger partial charge in [-0.25, -0.2) is 0 Å². The Bertz CT molecular complexity index is 443. The highest BCUT2D eigenvalue weighted by Crippen LogP contribution is 2.34. The van der Waals surface area contributed by atoms with E-state index in [-0.39, 0.29) is 11.8 Å². The normalized spacial score (nSPS) is 15.5. The van der Waals surface area contributed by atoms with Gasteiger partial charge in [-0.15, -0.1) is 11.8 Å². The van der Waals surface area contributed by atoms with Crippen LogP contribution in [0.3, 0.4) is 0 Å². The minimum Gasteiger partial charge on any atom is -0.325 e. The number of anilines is 1. The van der Waals surface area contributed by atoms with Crippen LogP contribution in [0.5, 0.6) is 0 Å². The predicted molar refractivity (Wildman–Crippen MR) is 64.6 cm³/mol. The van der Waals surface area contributed by atoms with Crippen molar-refractivity contribution < 1.29 is 18.0 Å². The van der Waals surface area contributed by atoms with Crippen molar-refractivity contribution in [3.05, 3.63) is 24.3 Å². The number of alkyl halides is 3. The lowest BCUT2D eigenvalue weighted by atomic mass is 10.3. The molecule has 98 valence electrons. The number of amides is 1. The third-order valence-corrected chi connectivity index (χ3v) is 3.62. The molecule has 0 heterocycles. The molecule has 1 fully saturated rings. The first-order chi connectivity index (χ1) is 8.46. The summed E-state index contributed by atoms with van der Waals surface area (Å²) < 4.78 is 36.5. The molecular weight excluding hydrogens is 263 g/mol. The van der Waals surface area contributed by atoms with Crippen LogP contribution in [0.2, 0.25) is 0 Å². The summed E-state index contributed by atoms with van der Waals surface area (Å²) in [5.74, 6) is -1.02. The van der Waals surface area contributed by atoms with E-state index < -0.39 is 11.9 Å². The van der Waals surface area contributed by atoms with Crippen LogP contribution < -0.4 is 5.32 Å². The van der Waals surface area contributed by atoms with Crippen molar-refractivity contribution in [1.29, 1.82) is 0 Å². The van der Waals surface area contributed by atoms with Crippen LogP contribution in [0.1, 0.15) is 12.8 Å². The van der Waals surface area contributed by atoms with Crippen molar-refractivity contribution >= 4 is 23.4 Å². The van der Waals surface area contributed by atoms with Crippen LogP contribution in [0.15, 0.2) is 29.2 Å². The number of nitrogens with one attached hydrogen (secondary N) is 1. The van der Waals surface area contributed by atoms with E-state index in [9.17, 15) is 18.0 Å².